The molecule has 0 unspecified atom stereocenters. The Bertz CT molecular complexity index is 1220. The van der Waals surface area contributed by atoms with Crippen LogP contribution < -0.4 is 9.62 Å². The smallest absolute Gasteiger partial charge is 0.244 e. The number of halogens is 2. The minimum atomic E-state index is -3.93. The highest BCUT2D eigenvalue weighted by molar-refractivity contribution is 7.92. The number of hydrogen-bond donors (Lipinski definition) is 1. The molecule has 1 N–H and O–H groups in total. The van der Waals surface area contributed by atoms with Crippen LogP contribution in [0.15, 0.2) is 42.5 Å². The van der Waals surface area contributed by atoms with Crippen molar-refractivity contribution in [3.05, 3.63) is 63.6 Å². The van der Waals surface area contributed by atoms with Gasteiger partial charge in [-0.1, -0.05) is 48.3 Å². The van der Waals surface area contributed by atoms with Crippen molar-refractivity contribution < 1.29 is 22.8 Å². The van der Waals surface area contributed by atoms with E-state index in [1.165, 1.54) is 30.0 Å². The van der Waals surface area contributed by atoms with Crippen LogP contribution >= 0.6 is 23.2 Å². The number of benzene rings is 2. The Morgan fingerprint density at radius 2 is 1.61 bits per heavy atom. The van der Waals surface area contributed by atoms with Crippen LogP contribution in [0.4, 0.5) is 5.69 Å². The molecule has 196 valence electrons. The number of sulfonamides is 1. The first-order chi connectivity index (χ1) is 16.8. The van der Waals surface area contributed by atoms with Crippen molar-refractivity contribution in [2.24, 2.45) is 0 Å². The molecule has 2 rings (SSSR count). The van der Waals surface area contributed by atoms with E-state index in [1.54, 1.807) is 31.2 Å². The molecule has 0 fully saturated rings. The first-order valence-corrected chi connectivity index (χ1v) is 14.0. The average Bonchev–Trinajstić information content (AvgIpc) is 2.81. The predicted octanol–water partition coefficient (Wildman–Crippen LogP) is 4.29. The largest absolute Gasteiger partial charge is 0.352 e. The van der Waals surface area contributed by atoms with Crippen LogP contribution in [0.5, 0.6) is 0 Å². The van der Waals surface area contributed by atoms with E-state index >= 15 is 0 Å². The quantitative estimate of drug-likeness (QED) is 0.416. The molecule has 2 aromatic carbocycles. The van der Waals surface area contributed by atoms with E-state index in [0.29, 0.717) is 27.6 Å². The van der Waals surface area contributed by atoms with Gasteiger partial charge in [0.05, 0.1) is 11.9 Å². The van der Waals surface area contributed by atoms with Crippen molar-refractivity contribution in [3.8, 4) is 0 Å². The number of carbonyl (C=O) groups excluding carboxylic acids is 3. The third-order valence-corrected chi connectivity index (χ3v) is 7.63. The molecule has 0 aliphatic rings. The van der Waals surface area contributed by atoms with E-state index in [1.807, 2.05) is 13.8 Å². The van der Waals surface area contributed by atoms with Crippen LogP contribution in [0.25, 0.3) is 0 Å². The topological polar surface area (TPSA) is 104 Å². The third-order valence-electron chi connectivity index (χ3n) is 5.78. The van der Waals surface area contributed by atoms with Crippen LogP contribution in [-0.4, -0.2) is 55.8 Å². The highest BCUT2D eigenvalue weighted by atomic mass is 35.5. The molecule has 2 amide bonds. The third kappa shape index (κ3) is 7.69. The van der Waals surface area contributed by atoms with Crippen molar-refractivity contribution in [1.29, 1.82) is 0 Å². The second-order valence-corrected chi connectivity index (χ2v) is 11.3. The lowest BCUT2D eigenvalue weighted by Gasteiger charge is -2.32. The van der Waals surface area contributed by atoms with E-state index < -0.39 is 34.4 Å². The second kappa shape index (κ2) is 12.6. The number of amides is 2. The molecule has 0 aromatic heterocycles. The number of hydrogen-bond acceptors (Lipinski definition) is 5. The van der Waals surface area contributed by atoms with Gasteiger partial charge in [0.15, 0.2) is 5.78 Å². The fourth-order valence-corrected chi connectivity index (χ4v) is 4.75. The molecular formula is C25H31Cl2N3O5S. The van der Waals surface area contributed by atoms with Gasteiger partial charge in [0.1, 0.15) is 12.6 Å². The highest BCUT2D eigenvalue weighted by Crippen LogP contribution is 2.27. The normalized spacial score (nSPS) is 13.0. The van der Waals surface area contributed by atoms with E-state index in [2.05, 4.69) is 5.32 Å². The van der Waals surface area contributed by atoms with Gasteiger partial charge in [0, 0.05) is 33.8 Å². The summed E-state index contributed by atoms with van der Waals surface area (Å²) in [5.41, 5.74) is 0.891. The summed E-state index contributed by atoms with van der Waals surface area (Å²) >= 11 is 12.7. The Morgan fingerprint density at radius 3 is 2.14 bits per heavy atom. The molecule has 0 aliphatic heterocycles. The van der Waals surface area contributed by atoms with Crippen molar-refractivity contribution >= 4 is 56.5 Å². The van der Waals surface area contributed by atoms with Gasteiger partial charge in [-0.15, -0.1) is 0 Å². The molecular weight excluding hydrogens is 525 g/mol. The van der Waals surface area contributed by atoms with Crippen LogP contribution in [-0.2, 0) is 26.2 Å². The maximum absolute atomic E-state index is 13.6. The summed E-state index contributed by atoms with van der Waals surface area (Å²) in [6, 6.07) is 9.81. The SMILES string of the molecule is CC[C@@H](C)NC(=O)[C@@H](C)N(Cc1c(Cl)cccc1Cl)C(=O)CN(c1cccc(C(C)=O)c1)S(C)(=O)=O. The molecule has 0 saturated heterocycles. The minimum absolute atomic E-state index is 0.114. The first-order valence-electron chi connectivity index (χ1n) is 11.4. The molecule has 0 spiro atoms. The number of ketones is 1. The maximum atomic E-state index is 13.6. The van der Waals surface area contributed by atoms with Crippen molar-refractivity contribution in [2.45, 2.75) is 52.7 Å². The Morgan fingerprint density at radius 1 is 1.03 bits per heavy atom. The van der Waals surface area contributed by atoms with Gasteiger partial charge in [-0.3, -0.25) is 18.7 Å². The Kier molecular flexibility index (Phi) is 10.3. The number of nitrogens with zero attached hydrogens (tertiary/aromatic N) is 2. The van der Waals surface area contributed by atoms with E-state index in [4.69, 9.17) is 23.2 Å². The van der Waals surface area contributed by atoms with Crippen LogP contribution in [0.3, 0.4) is 0 Å². The molecule has 36 heavy (non-hydrogen) atoms. The Labute approximate surface area is 222 Å². The van der Waals surface area contributed by atoms with Gasteiger partial charge in [-0.05, 0) is 51.5 Å². The number of Topliss-reactive ketones (excluding diaryl/α,β-unsaturated/α-hetero) is 1. The van der Waals surface area contributed by atoms with Crippen molar-refractivity contribution in [3.63, 3.8) is 0 Å². The van der Waals surface area contributed by atoms with Gasteiger partial charge >= 0.3 is 0 Å². The number of nitrogens with one attached hydrogen (secondary N) is 1. The summed E-state index contributed by atoms with van der Waals surface area (Å²) in [6.45, 7) is 5.97. The van der Waals surface area contributed by atoms with Gasteiger partial charge in [-0.25, -0.2) is 8.42 Å². The molecule has 0 radical (unpaired) electrons. The maximum Gasteiger partial charge on any atom is 0.244 e. The summed E-state index contributed by atoms with van der Waals surface area (Å²) in [5, 5.41) is 3.47. The fourth-order valence-electron chi connectivity index (χ4n) is 3.40. The number of anilines is 1. The van der Waals surface area contributed by atoms with Crippen molar-refractivity contribution in [1.82, 2.24) is 10.2 Å². The van der Waals surface area contributed by atoms with Gasteiger partial charge in [0.2, 0.25) is 21.8 Å². The molecule has 11 heteroatoms. The van der Waals surface area contributed by atoms with Gasteiger partial charge in [0.25, 0.3) is 0 Å². The first kappa shape index (κ1) is 29.6. The number of carbonyl (C=O) groups is 3. The predicted molar refractivity (Wildman–Crippen MR) is 143 cm³/mol. The monoisotopic (exact) mass is 555 g/mol. The molecule has 2 aromatic rings. The van der Waals surface area contributed by atoms with Crippen LogP contribution in [0.2, 0.25) is 10.0 Å². The van der Waals surface area contributed by atoms with Gasteiger partial charge in [-0.2, -0.15) is 0 Å². The minimum Gasteiger partial charge on any atom is -0.352 e. The molecule has 2 atom stereocenters. The second-order valence-electron chi connectivity index (χ2n) is 8.59. The number of rotatable bonds is 11. The highest BCUT2D eigenvalue weighted by Gasteiger charge is 2.31. The zero-order chi connectivity index (χ0) is 27.2. The molecule has 0 aliphatic carbocycles. The summed E-state index contributed by atoms with van der Waals surface area (Å²) in [4.78, 5) is 39.6. The lowest BCUT2D eigenvalue weighted by atomic mass is 10.1. The molecule has 0 heterocycles. The van der Waals surface area contributed by atoms with Crippen LogP contribution in [0.1, 0.15) is 50.0 Å². The lowest BCUT2D eigenvalue weighted by molar-refractivity contribution is -0.139. The summed E-state index contributed by atoms with van der Waals surface area (Å²) in [6.07, 6.45) is 1.66. The standard InChI is InChI=1S/C25H31Cl2N3O5S/c1-6-16(2)28-25(33)17(3)29(14-21-22(26)11-8-12-23(21)27)24(32)15-30(36(5,34)35)20-10-7-9-19(13-20)18(4)31/h7-13,16-17H,6,14-15H2,1-5H3,(H,28,33)/t16-,17-/m1/s1. The van der Waals surface area contributed by atoms with Crippen molar-refractivity contribution in [2.75, 3.05) is 17.1 Å². The van der Waals surface area contributed by atoms with Crippen LogP contribution in [0, 0.1) is 0 Å². The Hall–Kier alpha value is -2.62. The zero-order valence-corrected chi connectivity index (χ0v) is 23.2. The van der Waals surface area contributed by atoms with E-state index in [0.717, 1.165) is 10.6 Å². The van der Waals surface area contributed by atoms with E-state index in [-0.39, 0.29) is 24.1 Å². The lowest BCUT2D eigenvalue weighted by Crippen LogP contribution is -2.52. The summed E-state index contributed by atoms with van der Waals surface area (Å²) in [5.74, 6) is -1.29. The Balaban J connectivity index is 2.48. The fraction of sp³-hybridized carbons (Fsp3) is 0.400. The molecule has 0 bridgehead atoms. The zero-order valence-electron chi connectivity index (χ0n) is 20.9. The molecule has 8 nitrogen and oxygen atoms in total. The summed E-state index contributed by atoms with van der Waals surface area (Å²) < 4.78 is 26.3. The molecule has 0 saturated carbocycles. The summed E-state index contributed by atoms with van der Waals surface area (Å²) in [7, 11) is -3.93. The van der Waals surface area contributed by atoms with E-state index in [9.17, 15) is 22.8 Å². The average molecular weight is 557 g/mol. The van der Waals surface area contributed by atoms with Gasteiger partial charge < -0.3 is 10.2 Å².